The zero-order valence-corrected chi connectivity index (χ0v) is 11.3. The van der Waals surface area contributed by atoms with Crippen molar-refractivity contribution in [2.75, 3.05) is 13.7 Å². The van der Waals surface area contributed by atoms with E-state index in [-0.39, 0.29) is 18.1 Å². The van der Waals surface area contributed by atoms with E-state index in [2.05, 4.69) is 0 Å². The van der Waals surface area contributed by atoms with E-state index in [1.807, 2.05) is 30.3 Å². The van der Waals surface area contributed by atoms with Crippen LogP contribution in [0.3, 0.4) is 0 Å². The van der Waals surface area contributed by atoms with Crippen molar-refractivity contribution < 1.29 is 19.4 Å². The number of methoxy groups -OCH3 is 1. The van der Waals surface area contributed by atoms with E-state index in [1.54, 1.807) is 6.92 Å². The topological polar surface area (TPSA) is 63.6 Å². The van der Waals surface area contributed by atoms with Crippen LogP contribution in [0.4, 0.5) is 0 Å². The van der Waals surface area contributed by atoms with Gasteiger partial charge in [0.15, 0.2) is 0 Å². The second-order valence-corrected chi connectivity index (χ2v) is 4.75. The lowest BCUT2D eigenvalue weighted by atomic mass is 9.91. The number of ketones is 1. The van der Waals surface area contributed by atoms with Crippen LogP contribution in [-0.2, 0) is 20.7 Å². The number of ether oxygens (including phenoxy) is 1. The van der Waals surface area contributed by atoms with Crippen molar-refractivity contribution in [1.29, 1.82) is 0 Å². The van der Waals surface area contributed by atoms with Crippen molar-refractivity contribution in [2.45, 2.75) is 19.8 Å². The maximum absolute atomic E-state index is 11.9. The van der Waals surface area contributed by atoms with Crippen LogP contribution in [0.25, 0.3) is 0 Å². The van der Waals surface area contributed by atoms with Crippen molar-refractivity contribution in [3.05, 3.63) is 35.9 Å². The molecule has 0 bridgehead atoms. The van der Waals surface area contributed by atoms with Gasteiger partial charge in [0.1, 0.15) is 5.78 Å². The lowest BCUT2D eigenvalue weighted by molar-refractivity contribution is -0.144. The molecule has 0 saturated carbocycles. The van der Waals surface area contributed by atoms with Crippen LogP contribution in [-0.4, -0.2) is 30.6 Å². The van der Waals surface area contributed by atoms with Crippen molar-refractivity contribution in [3.8, 4) is 0 Å². The van der Waals surface area contributed by atoms with E-state index in [0.717, 1.165) is 5.56 Å². The molecule has 1 aromatic carbocycles. The van der Waals surface area contributed by atoms with E-state index in [4.69, 9.17) is 4.74 Å². The minimum Gasteiger partial charge on any atom is -0.481 e. The summed E-state index contributed by atoms with van der Waals surface area (Å²) in [5.41, 5.74) is 0.932. The summed E-state index contributed by atoms with van der Waals surface area (Å²) in [6.45, 7) is 2.09. The predicted molar refractivity (Wildman–Crippen MR) is 71.9 cm³/mol. The Bertz CT molecular complexity index is 413. The quantitative estimate of drug-likeness (QED) is 0.781. The Morgan fingerprint density at radius 2 is 1.89 bits per heavy atom. The molecule has 1 aromatic rings. The zero-order valence-electron chi connectivity index (χ0n) is 11.3. The fraction of sp³-hybridized carbons (Fsp3) is 0.467. The number of carboxylic acids is 1. The fourth-order valence-corrected chi connectivity index (χ4v) is 1.93. The summed E-state index contributed by atoms with van der Waals surface area (Å²) in [4.78, 5) is 23.1. The lowest BCUT2D eigenvalue weighted by Crippen LogP contribution is -2.25. The first kappa shape index (κ1) is 15.4. The largest absolute Gasteiger partial charge is 0.481 e. The van der Waals surface area contributed by atoms with Crippen LogP contribution >= 0.6 is 0 Å². The first-order valence-corrected chi connectivity index (χ1v) is 6.33. The summed E-state index contributed by atoms with van der Waals surface area (Å²) in [5.74, 6) is -1.93. The second-order valence-electron chi connectivity index (χ2n) is 4.75. The van der Waals surface area contributed by atoms with Gasteiger partial charge in [-0.05, 0) is 12.0 Å². The number of carbonyl (C=O) groups is 2. The first-order valence-electron chi connectivity index (χ1n) is 6.33. The predicted octanol–water partition coefficient (Wildman–Crippen LogP) is 2.17. The summed E-state index contributed by atoms with van der Waals surface area (Å²) >= 11 is 0. The molecule has 1 N–H and O–H groups in total. The van der Waals surface area contributed by atoms with Gasteiger partial charge in [-0.2, -0.15) is 0 Å². The molecule has 19 heavy (non-hydrogen) atoms. The maximum Gasteiger partial charge on any atom is 0.307 e. The number of benzene rings is 1. The minimum atomic E-state index is -0.929. The summed E-state index contributed by atoms with van der Waals surface area (Å²) in [6.07, 6.45) is 0.427. The smallest absolute Gasteiger partial charge is 0.307 e. The minimum absolute atomic E-state index is 0.0504. The molecule has 4 heteroatoms. The number of Topliss-reactive ketones (excluding diaryl/α,β-unsaturated/α-hetero) is 1. The molecule has 0 spiro atoms. The molecule has 1 rings (SSSR count). The van der Waals surface area contributed by atoms with Crippen LogP contribution < -0.4 is 0 Å². The molecule has 2 atom stereocenters. The van der Waals surface area contributed by atoms with Crippen molar-refractivity contribution in [3.63, 3.8) is 0 Å². The Labute approximate surface area is 113 Å². The molecule has 0 amide bonds. The Kier molecular flexibility index (Phi) is 6.22. The van der Waals surface area contributed by atoms with Gasteiger partial charge in [-0.15, -0.1) is 0 Å². The van der Waals surface area contributed by atoms with Crippen molar-refractivity contribution in [2.24, 2.45) is 11.8 Å². The molecule has 0 aliphatic carbocycles. The van der Waals surface area contributed by atoms with E-state index in [9.17, 15) is 14.7 Å². The number of rotatable bonds is 8. The number of carboxylic acid groups (broad SMARTS) is 1. The molecular formula is C15H20O4. The summed E-state index contributed by atoms with van der Waals surface area (Å²) in [7, 11) is 1.53. The molecule has 0 saturated heterocycles. The van der Waals surface area contributed by atoms with Gasteiger partial charge >= 0.3 is 5.97 Å². The van der Waals surface area contributed by atoms with Crippen LogP contribution in [0.15, 0.2) is 30.3 Å². The Morgan fingerprint density at radius 1 is 1.26 bits per heavy atom. The normalized spacial score (nSPS) is 13.8. The number of carbonyl (C=O) groups excluding carboxylic acids is 1. The molecule has 0 aromatic heterocycles. The maximum atomic E-state index is 11.9. The van der Waals surface area contributed by atoms with Crippen molar-refractivity contribution in [1.82, 2.24) is 0 Å². The Morgan fingerprint density at radius 3 is 2.42 bits per heavy atom. The van der Waals surface area contributed by atoms with Gasteiger partial charge in [0.2, 0.25) is 0 Å². The van der Waals surface area contributed by atoms with E-state index in [0.29, 0.717) is 13.0 Å². The highest BCUT2D eigenvalue weighted by Crippen LogP contribution is 2.16. The van der Waals surface area contributed by atoms with Gasteiger partial charge in [-0.1, -0.05) is 37.3 Å². The van der Waals surface area contributed by atoms with Crippen LogP contribution in [0.5, 0.6) is 0 Å². The molecule has 0 aliphatic rings. The average Bonchev–Trinajstić information content (AvgIpc) is 2.39. The highest BCUT2D eigenvalue weighted by atomic mass is 16.5. The van der Waals surface area contributed by atoms with Crippen LogP contribution in [0.1, 0.15) is 18.9 Å². The van der Waals surface area contributed by atoms with Crippen LogP contribution in [0, 0.1) is 11.8 Å². The number of aliphatic carboxylic acids is 1. The van der Waals surface area contributed by atoms with E-state index < -0.39 is 11.9 Å². The molecule has 0 aliphatic heterocycles. The average molecular weight is 264 g/mol. The monoisotopic (exact) mass is 264 g/mol. The lowest BCUT2D eigenvalue weighted by Gasteiger charge is -2.14. The number of hydrogen-bond donors (Lipinski definition) is 1. The summed E-state index contributed by atoms with van der Waals surface area (Å²) < 4.78 is 4.92. The molecular weight excluding hydrogens is 244 g/mol. The Hall–Kier alpha value is -1.68. The third-order valence-electron chi connectivity index (χ3n) is 3.09. The SMILES string of the molecule is COC[C@H](C)C(=O)C[C@@H](Cc1ccccc1)C(=O)O. The molecule has 104 valence electrons. The van der Waals surface area contributed by atoms with Gasteiger partial charge in [-0.3, -0.25) is 9.59 Å². The number of hydrogen-bond acceptors (Lipinski definition) is 3. The molecule has 0 fully saturated rings. The zero-order chi connectivity index (χ0) is 14.3. The van der Waals surface area contributed by atoms with Crippen molar-refractivity contribution >= 4 is 11.8 Å². The van der Waals surface area contributed by atoms with Gasteiger partial charge in [0.25, 0.3) is 0 Å². The van der Waals surface area contributed by atoms with Crippen LogP contribution in [0.2, 0.25) is 0 Å². The van der Waals surface area contributed by atoms with E-state index >= 15 is 0 Å². The highest BCUT2D eigenvalue weighted by Gasteiger charge is 2.24. The fourth-order valence-electron chi connectivity index (χ4n) is 1.93. The Balaban J connectivity index is 2.64. The molecule has 4 nitrogen and oxygen atoms in total. The standard InChI is InChI=1S/C15H20O4/c1-11(10-19-2)14(16)9-13(15(17)18)8-12-6-4-3-5-7-12/h3-7,11,13H,8-10H2,1-2H3,(H,17,18)/t11-,13+/m0/s1. The van der Waals surface area contributed by atoms with Gasteiger partial charge in [-0.25, -0.2) is 0 Å². The third kappa shape index (κ3) is 5.22. The first-order chi connectivity index (χ1) is 9.04. The van der Waals surface area contributed by atoms with E-state index in [1.165, 1.54) is 7.11 Å². The van der Waals surface area contributed by atoms with Gasteiger partial charge in [0, 0.05) is 19.4 Å². The second kappa shape index (κ2) is 7.69. The highest BCUT2D eigenvalue weighted by molar-refractivity contribution is 5.85. The third-order valence-corrected chi connectivity index (χ3v) is 3.09. The molecule has 0 unspecified atom stereocenters. The van der Waals surface area contributed by atoms with Gasteiger partial charge < -0.3 is 9.84 Å². The summed E-state index contributed by atoms with van der Waals surface area (Å²) in [6, 6.07) is 9.36. The molecule has 0 radical (unpaired) electrons. The van der Waals surface area contributed by atoms with Gasteiger partial charge in [0.05, 0.1) is 12.5 Å². The summed E-state index contributed by atoms with van der Waals surface area (Å²) in [5, 5.41) is 9.21. The molecule has 0 heterocycles.